The zero-order valence-electron chi connectivity index (χ0n) is 58.5. The third kappa shape index (κ3) is 8.31. The summed E-state index contributed by atoms with van der Waals surface area (Å²) in [5.74, 6) is 0. The first kappa shape index (κ1) is 59.2. The molecule has 0 amide bonds. The van der Waals surface area contributed by atoms with Crippen molar-refractivity contribution in [1.29, 1.82) is 0 Å². The molecular weight excluding hydrogens is 1310 g/mol. The van der Waals surface area contributed by atoms with Crippen molar-refractivity contribution < 1.29 is 4.42 Å². The lowest BCUT2D eigenvalue weighted by molar-refractivity contribution is 0.669. The van der Waals surface area contributed by atoms with E-state index in [1.165, 1.54) is 103 Å². The summed E-state index contributed by atoms with van der Waals surface area (Å²) in [5.41, 5.74) is 25.4. The van der Waals surface area contributed by atoms with Crippen LogP contribution in [0, 0.1) is 0 Å². The third-order valence-electron chi connectivity index (χ3n) is 23.8. The van der Waals surface area contributed by atoms with Gasteiger partial charge in [0.2, 0.25) is 0 Å². The van der Waals surface area contributed by atoms with Crippen LogP contribution in [0.15, 0.2) is 374 Å². The molecule has 22 aromatic rings. The van der Waals surface area contributed by atoms with Crippen LogP contribution >= 0.6 is 0 Å². The minimum atomic E-state index is -0.369. The SMILES string of the molecule is c1ccc(-c2ccccc2N2c3cc4c(cc3B3c5cc6c7ccccc7c7ccccc7c7cccc8c9ccccc9n(c6cc5N(c5ccccc5-c5ccccc5)c5cc(-c6ccc9oc%10ccccc%10c9c6)cc2c53)c78)c2ccccc2c2ccccc2c2cccc3c5ccccc5n4c23)cc1. The average molecular weight is 1370 g/mol. The third-order valence-corrected chi connectivity index (χ3v) is 23.8. The first-order valence-corrected chi connectivity index (χ1v) is 37.4. The minimum absolute atomic E-state index is 0.369. The van der Waals surface area contributed by atoms with Crippen LogP contribution in [0.3, 0.4) is 0 Å². The maximum absolute atomic E-state index is 6.67. The van der Waals surface area contributed by atoms with Gasteiger partial charge in [0.1, 0.15) is 11.2 Å². The minimum Gasteiger partial charge on any atom is -0.456 e. The van der Waals surface area contributed by atoms with E-state index in [1.807, 2.05) is 0 Å². The predicted octanol–water partition coefficient (Wildman–Crippen LogP) is 25.8. The van der Waals surface area contributed by atoms with Gasteiger partial charge in [-0.2, -0.15) is 0 Å². The topological polar surface area (TPSA) is 28.4 Å². The van der Waals surface area contributed by atoms with Crippen molar-refractivity contribution in [3.8, 4) is 33.4 Å². The Morgan fingerprint density at radius 2 is 0.546 bits per heavy atom. The Kier molecular flexibility index (Phi) is 12.4. The van der Waals surface area contributed by atoms with Crippen molar-refractivity contribution in [3.05, 3.63) is 370 Å². The van der Waals surface area contributed by atoms with Gasteiger partial charge >= 0.3 is 0 Å². The summed E-state index contributed by atoms with van der Waals surface area (Å²) >= 11 is 0. The standard InChI is InChI=1S/C102H61BN4O/c1-3-27-62(28-4-1)66-31-15-20-48-88(66)104-94-60-92-83(74-39-13-9-35-70(74)68-33-7-11-37-72(68)79-44-25-46-81-76-41-17-22-50-90(76)106(92)101(79)81)58-86(94)103-87-59-84-75-40-14-10-36-71(75)69-34-8-12-38-73(69)80-45-26-47-82-77-42-18-23-51-91(77)107(102(80)82)93(84)61-95(87)105(89-49-21-16-32-67(89)63-29-5-2-6-30-63)97-57-65(56-96(104)100(97)103)64-53-54-99-85(55-64)78-43-19-24-52-98(78)108-99/h1-61H. The first-order valence-electron chi connectivity index (χ1n) is 37.4. The van der Waals surface area contributed by atoms with E-state index in [1.54, 1.807) is 0 Å². The normalized spacial score (nSPS) is 12.8. The number of nitrogens with zero attached hydrogens (tertiary/aromatic N) is 4. The van der Waals surface area contributed by atoms with Crippen LogP contribution in [0.2, 0.25) is 0 Å². The van der Waals surface area contributed by atoms with Crippen LogP contribution in [-0.2, 0) is 0 Å². The fourth-order valence-corrected chi connectivity index (χ4v) is 19.3. The van der Waals surface area contributed by atoms with Gasteiger partial charge < -0.3 is 23.0 Å². The molecule has 17 aromatic carbocycles. The van der Waals surface area contributed by atoms with Crippen molar-refractivity contribution in [2.24, 2.45) is 0 Å². The smallest absolute Gasteiger partial charge is 0.252 e. The van der Waals surface area contributed by atoms with Crippen LogP contribution in [0.5, 0.6) is 0 Å². The fraction of sp³-hybridized carbons (Fsp3) is 0. The summed E-state index contributed by atoms with van der Waals surface area (Å²) in [7, 11) is 0. The van der Waals surface area contributed by atoms with E-state index in [9.17, 15) is 0 Å². The molecule has 2 aliphatic heterocycles. The van der Waals surface area contributed by atoms with Gasteiger partial charge in [-0.05, 0) is 148 Å². The quantitative estimate of drug-likeness (QED) is 0.161. The second kappa shape index (κ2) is 22.7. The highest BCUT2D eigenvalue weighted by molar-refractivity contribution is 7.00. The molecule has 498 valence electrons. The Morgan fingerprint density at radius 3 is 1.01 bits per heavy atom. The van der Waals surface area contributed by atoms with E-state index in [0.717, 1.165) is 122 Å². The Morgan fingerprint density at radius 1 is 0.194 bits per heavy atom. The number of aromatic nitrogens is 2. The van der Waals surface area contributed by atoms with Crippen LogP contribution in [-0.4, -0.2) is 15.5 Å². The molecule has 0 aliphatic carbocycles. The summed E-state index contributed by atoms with van der Waals surface area (Å²) in [5, 5.41) is 21.2. The number of para-hydroxylation sites is 7. The number of hydrogen-bond acceptors (Lipinski definition) is 3. The van der Waals surface area contributed by atoms with Crippen molar-refractivity contribution in [1.82, 2.24) is 8.80 Å². The number of hydrogen-bond donors (Lipinski definition) is 0. The van der Waals surface area contributed by atoms with Gasteiger partial charge in [-0.1, -0.05) is 303 Å². The molecular formula is C102H61BN4O. The number of anilines is 6. The number of fused-ring (bicyclic) bond motifs is 27. The summed E-state index contributed by atoms with van der Waals surface area (Å²) in [6.45, 7) is -0.369. The number of benzene rings is 17. The van der Waals surface area contributed by atoms with Crippen molar-refractivity contribution in [2.75, 3.05) is 9.80 Å². The fourth-order valence-electron chi connectivity index (χ4n) is 19.3. The second-order valence-corrected chi connectivity index (χ2v) is 29.3. The molecule has 0 N–H and O–H groups in total. The molecule has 108 heavy (non-hydrogen) atoms. The lowest BCUT2D eigenvalue weighted by atomic mass is 9.33. The molecule has 0 saturated carbocycles. The average Bonchev–Trinajstić information content (AvgIpc) is 1.27. The lowest BCUT2D eigenvalue weighted by Gasteiger charge is -2.45. The molecule has 0 unspecified atom stereocenters. The van der Waals surface area contributed by atoms with Crippen molar-refractivity contribution >= 4 is 198 Å². The monoisotopic (exact) mass is 1370 g/mol. The zero-order chi connectivity index (χ0) is 70.4. The summed E-state index contributed by atoms with van der Waals surface area (Å²) < 4.78 is 11.9. The van der Waals surface area contributed by atoms with E-state index in [-0.39, 0.29) is 6.71 Å². The molecule has 7 heterocycles. The van der Waals surface area contributed by atoms with Crippen molar-refractivity contribution in [2.45, 2.75) is 0 Å². The van der Waals surface area contributed by atoms with Crippen LogP contribution in [0.25, 0.3) is 175 Å². The highest BCUT2D eigenvalue weighted by Gasteiger charge is 2.45. The Labute approximate surface area is 620 Å². The van der Waals surface area contributed by atoms with E-state index in [4.69, 9.17) is 4.42 Å². The Balaban J connectivity index is 0.958. The van der Waals surface area contributed by atoms with Gasteiger partial charge in [-0.25, -0.2) is 0 Å². The maximum atomic E-state index is 6.67. The Bertz CT molecular complexity index is 7380. The molecule has 0 bridgehead atoms. The van der Waals surface area contributed by atoms with Gasteiger partial charge in [-0.3, -0.25) is 0 Å². The molecule has 5 aromatic heterocycles. The molecule has 6 heteroatoms. The highest BCUT2D eigenvalue weighted by Crippen LogP contribution is 2.53. The van der Waals surface area contributed by atoms with Crippen LogP contribution in [0.1, 0.15) is 0 Å². The van der Waals surface area contributed by atoms with Gasteiger partial charge in [0, 0.05) is 87.7 Å². The highest BCUT2D eigenvalue weighted by atomic mass is 16.3. The van der Waals surface area contributed by atoms with Crippen LogP contribution in [0.4, 0.5) is 34.1 Å². The molecule has 0 radical (unpaired) electrons. The molecule has 5 nitrogen and oxygen atoms in total. The van der Waals surface area contributed by atoms with E-state index < -0.39 is 0 Å². The number of rotatable bonds is 5. The molecule has 0 saturated heterocycles. The summed E-state index contributed by atoms with van der Waals surface area (Å²) in [4.78, 5) is 5.33. The number of furan rings is 1. The first-order chi connectivity index (χ1) is 53.6. The zero-order valence-corrected chi connectivity index (χ0v) is 58.5. The lowest BCUT2D eigenvalue weighted by Crippen LogP contribution is -2.61. The molecule has 0 spiro atoms. The van der Waals surface area contributed by atoms with E-state index in [2.05, 4.69) is 389 Å². The predicted molar refractivity (Wildman–Crippen MR) is 459 cm³/mol. The molecule has 24 rings (SSSR count). The van der Waals surface area contributed by atoms with Gasteiger partial charge in [0.15, 0.2) is 0 Å². The summed E-state index contributed by atoms with van der Waals surface area (Å²) in [6, 6.07) is 140. The van der Waals surface area contributed by atoms with E-state index >= 15 is 0 Å². The van der Waals surface area contributed by atoms with Gasteiger partial charge in [-0.15, -0.1) is 0 Å². The second-order valence-electron chi connectivity index (χ2n) is 29.3. The van der Waals surface area contributed by atoms with Crippen molar-refractivity contribution in [3.63, 3.8) is 0 Å². The van der Waals surface area contributed by atoms with E-state index in [0.29, 0.717) is 0 Å². The molecule has 0 atom stereocenters. The van der Waals surface area contributed by atoms with Gasteiger partial charge in [0.25, 0.3) is 6.71 Å². The molecule has 0 fully saturated rings. The Hall–Kier alpha value is -14.2. The summed E-state index contributed by atoms with van der Waals surface area (Å²) in [6.07, 6.45) is 0. The maximum Gasteiger partial charge on any atom is 0.252 e. The molecule has 2 aliphatic rings. The largest absolute Gasteiger partial charge is 0.456 e. The van der Waals surface area contributed by atoms with Gasteiger partial charge in [0.05, 0.1) is 44.5 Å². The van der Waals surface area contributed by atoms with Crippen LogP contribution < -0.4 is 26.2 Å².